The minimum absolute atomic E-state index is 0.481. The van der Waals surface area contributed by atoms with Crippen molar-refractivity contribution in [2.24, 2.45) is 0 Å². The summed E-state index contributed by atoms with van der Waals surface area (Å²) >= 11 is 6.03. The van der Waals surface area contributed by atoms with Crippen molar-refractivity contribution in [1.82, 2.24) is 10.3 Å². The molecule has 3 rings (SSSR count). The van der Waals surface area contributed by atoms with E-state index in [2.05, 4.69) is 34.6 Å². The lowest BCUT2D eigenvalue weighted by molar-refractivity contribution is 0.533. The van der Waals surface area contributed by atoms with Crippen LogP contribution in [0.25, 0.3) is 0 Å². The van der Waals surface area contributed by atoms with Crippen molar-refractivity contribution in [3.8, 4) is 0 Å². The third-order valence-corrected chi connectivity index (χ3v) is 3.97. The molecule has 0 bridgehead atoms. The molecule has 2 nitrogen and oxygen atoms in total. The Balaban J connectivity index is 1.58. The van der Waals surface area contributed by atoms with Crippen LogP contribution in [0.5, 0.6) is 0 Å². The van der Waals surface area contributed by atoms with Crippen molar-refractivity contribution in [1.29, 1.82) is 0 Å². The number of rotatable bonds is 4. The Morgan fingerprint density at radius 3 is 2.89 bits per heavy atom. The summed E-state index contributed by atoms with van der Waals surface area (Å²) in [5.74, 6) is 0. The van der Waals surface area contributed by atoms with Crippen molar-refractivity contribution in [3.63, 3.8) is 0 Å². The van der Waals surface area contributed by atoms with E-state index in [1.165, 1.54) is 23.1 Å². The Kier molecular flexibility index (Phi) is 3.81. The van der Waals surface area contributed by atoms with E-state index >= 15 is 0 Å². The van der Waals surface area contributed by atoms with E-state index in [-0.39, 0.29) is 0 Å². The van der Waals surface area contributed by atoms with Gasteiger partial charge < -0.3 is 5.32 Å². The molecule has 0 spiro atoms. The molecular formula is C16H17ClN2. The molecule has 1 unspecified atom stereocenters. The molecule has 2 aromatic rings. The van der Waals surface area contributed by atoms with Crippen molar-refractivity contribution in [2.45, 2.75) is 25.3 Å². The third-order valence-electron chi connectivity index (χ3n) is 3.74. The number of fused-ring (bicyclic) bond motifs is 1. The molecule has 1 N–H and O–H groups in total. The summed E-state index contributed by atoms with van der Waals surface area (Å²) in [5.41, 5.74) is 4.14. The molecule has 0 radical (unpaired) electrons. The van der Waals surface area contributed by atoms with E-state index in [1.807, 2.05) is 18.5 Å². The summed E-state index contributed by atoms with van der Waals surface area (Å²) in [5, 5.41) is 4.49. The van der Waals surface area contributed by atoms with E-state index in [9.17, 15) is 0 Å². The fourth-order valence-corrected chi connectivity index (χ4v) is 2.93. The molecule has 1 aromatic heterocycles. The van der Waals surface area contributed by atoms with Crippen LogP contribution in [0.2, 0.25) is 5.02 Å². The number of halogens is 1. The first kappa shape index (κ1) is 12.6. The van der Waals surface area contributed by atoms with Crippen molar-refractivity contribution >= 4 is 11.6 Å². The fraction of sp³-hybridized carbons (Fsp3) is 0.312. The van der Waals surface area contributed by atoms with Gasteiger partial charge in [-0.05, 0) is 66.8 Å². The minimum Gasteiger partial charge on any atom is -0.310 e. The first-order chi connectivity index (χ1) is 9.33. The van der Waals surface area contributed by atoms with Crippen LogP contribution in [0.3, 0.4) is 0 Å². The second-order valence-electron chi connectivity index (χ2n) is 4.99. The van der Waals surface area contributed by atoms with Gasteiger partial charge in [0.25, 0.3) is 0 Å². The molecule has 0 saturated carbocycles. The van der Waals surface area contributed by atoms with Gasteiger partial charge in [0, 0.05) is 23.5 Å². The van der Waals surface area contributed by atoms with Gasteiger partial charge in [0.1, 0.15) is 0 Å². The van der Waals surface area contributed by atoms with Crippen LogP contribution < -0.4 is 5.32 Å². The number of pyridine rings is 1. The standard InChI is InChI=1S/C16H17ClN2/c17-14-2-3-15-13(11-14)1-4-16(15)19-10-7-12-5-8-18-9-6-12/h2-3,5-6,8-9,11,16,19H,1,4,7,10H2. The van der Waals surface area contributed by atoms with Crippen LogP contribution in [0.1, 0.15) is 29.2 Å². The Bertz CT molecular complexity index is 554. The van der Waals surface area contributed by atoms with Gasteiger partial charge in [0.05, 0.1) is 0 Å². The second-order valence-corrected chi connectivity index (χ2v) is 5.43. The van der Waals surface area contributed by atoms with Crippen LogP contribution in [-0.2, 0) is 12.8 Å². The topological polar surface area (TPSA) is 24.9 Å². The van der Waals surface area contributed by atoms with Crippen LogP contribution in [0.4, 0.5) is 0 Å². The number of benzene rings is 1. The van der Waals surface area contributed by atoms with Gasteiger partial charge >= 0.3 is 0 Å². The largest absolute Gasteiger partial charge is 0.310 e. The molecule has 0 saturated heterocycles. The number of hydrogen-bond donors (Lipinski definition) is 1. The molecule has 1 aliphatic carbocycles. The first-order valence-electron chi connectivity index (χ1n) is 6.73. The Hall–Kier alpha value is -1.38. The zero-order valence-electron chi connectivity index (χ0n) is 10.8. The zero-order chi connectivity index (χ0) is 13.1. The smallest absolute Gasteiger partial charge is 0.0408 e. The van der Waals surface area contributed by atoms with Gasteiger partial charge in [-0.2, -0.15) is 0 Å². The molecule has 19 heavy (non-hydrogen) atoms. The maximum Gasteiger partial charge on any atom is 0.0408 e. The van der Waals surface area contributed by atoms with E-state index < -0.39 is 0 Å². The van der Waals surface area contributed by atoms with Crippen molar-refractivity contribution < 1.29 is 0 Å². The normalized spacial score (nSPS) is 17.4. The SMILES string of the molecule is Clc1ccc2c(c1)CCC2NCCc1ccncc1. The number of aromatic nitrogens is 1. The molecule has 98 valence electrons. The van der Waals surface area contributed by atoms with Gasteiger partial charge in [-0.1, -0.05) is 17.7 Å². The van der Waals surface area contributed by atoms with Crippen LogP contribution in [0.15, 0.2) is 42.7 Å². The highest BCUT2D eigenvalue weighted by atomic mass is 35.5. The average molecular weight is 273 g/mol. The molecule has 1 atom stereocenters. The number of nitrogens with one attached hydrogen (secondary N) is 1. The highest BCUT2D eigenvalue weighted by molar-refractivity contribution is 6.30. The van der Waals surface area contributed by atoms with Crippen molar-refractivity contribution in [3.05, 3.63) is 64.4 Å². The molecule has 0 amide bonds. The summed E-state index contributed by atoms with van der Waals surface area (Å²) in [4.78, 5) is 4.04. The van der Waals surface area contributed by atoms with E-state index in [1.54, 1.807) is 0 Å². The molecular weight excluding hydrogens is 256 g/mol. The highest BCUT2D eigenvalue weighted by Crippen LogP contribution is 2.32. The maximum atomic E-state index is 6.03. The van der Waals surface area contributed by atoms with Gasteiger partial charge in [-0.3, -0.25) is 4.98 Å². The second kappa shape index (κ2) is 5.72. The number of aryl methyl sites for hydroxylation is 1. The molecule has 0 aliphatic heterocycles. The quantitative estimate of drug-likeness (QED) is 0.921. The molecule has 3 heteroatoms. The minimum atomic E-state index is 0.481. The molecule has 1 aliphatic rings. The fourth-order valence-electron chi connectivity index (χ4n) is 2.74. The Labute approximate surface area is 118 Å². The summed E-state index contributed by atoms with van der Waals surface area (Å²) < 4.78 is 0. The molecule has 1 aromatic carbocycles. The van der Waals surface area contributed by atoms with E-state index in [0.717, 1.165) is 24.4 Å². The van der Waals surface area contributed by atoms with E-state index in [4.69, 9.17) is 11.6 Å². The molecule has 1 heterocycles. The lowest BCUT2D eigenvalue weighted by Gasteiger charge is -2.14. The highest BCUT2D eigenvalue weighted by Gasteiger charge is 2.21. The molecule has 0 fully saturated rings. The van der Waals surface area contributed by atoms with Crippen molar-refractivity contribution in [2.75, 3.05) is 6.54 Å². The van der Waals surface area contributed by atoms with Crippen LogP contribution in [0, 0.1) is 0 Å². The predicted molar refractivity (Wildman–Crippen MR) is 78.5 cm³/mol. The summed E-state index contributed by atoms with van der Waals surface area (Å²) in [6.45, 7) is 0.997. The third kappa shape index (κ3) is 2.96. The van der Waals surface area contributed by atoms with Gasteiger partial charge in [-0.15, -0.1) is 0 Å². The summed E-state index contributed by atoms with van der Waals surface area (Å²) in [6.07, 6.45) is 7.04. The predicted octanol–water partition coefficient (Wildman–Crippen LogP) is 3.55. The summed E-state index contributed by atoms with van der Waals surface area (Å²) in [6, 6.07) is 10.9. The van der Waals surface area contributed by atoms with Crippen LogP contribution in [-0.4, -0.2) is 11.5 Å². The Morgan fingerprint density at radius 2 is 2.05 bits per heavy atom. The van der Waals surface area contributed by atoms with E-state index in [0.29, 0.717) is 6.04 Å². The lowest BCUT2D eigenvalue weighted by atomic mass is 10.1. The first-order valence-corrected chi connectivity index (χ1v) is 7.11. The number of hydrogen-bond acceptors (Lipinski definition) is 2. The van der Waals surface area contributed by atoms with Gasteiger partial charge in [0.15, 0.2) is 0 Å². The monoisotopic (exact) mass is 272 g/mol. The maximum absolute atomic E-state index is 6.03. The Morgan fingerprint density at radius 1 is 1.21 bits per heavy atom. The van der Waals surface area contributed by atoms with Gasteiger partial charge in [0.2, 0.25) is 0 Å². The average Bonchev–Trinajstić information content (AvgIpc) is 2.82. The van der Waals surface area contributed by atoms with Crippen LogP contribution >= 0.6 is 11.6 Å². The zero-order valence-corrected chi connectivity index (χ0v) is 11.5. The lowest BCUT2D eigenvalue weighted by Crippen LogP contribution is -2.21. The number of nitrogens with zero attached hydrogens (tertiary/aromatic N) is 1. The van der Waals surface area contributed by atoms with Gasteiger partial charge in [-0.25, -0.2) is 0 Å². The summed E-state index contributed by atoms with van der Waals surface area (Å²) in [7, 11) is 0.